The molecule has 0 spiro atoms. The number of carbonyl (C=O) groups is 3. The molecule has 0 atom stereocenters. The van der Waals surface area contributed by atoms with E-state index >= 15 is 0 Å². The standard InChI is InChI=1S/C21H21NO8/c1-4-27-16-6-5-13(7-17(16)26-3)21(25)28-10-20(24)22-15-9-19-18(29-11-30-19)8-14(15)12(2)23/h5-9H,4,10-11H2,1-3H3,(H,22,24). The Bertz CT molecular complexity index is 985. The van der Waals surface area contributed by atoms with Gasteiger partial charge in [-0.05, 0) is 38.1 Å². The number of carbonyl (C=O) groups excluding carboxylic acids is 3. The summed E-state index contributed by atoms with van der Waals surface area (Å²) in [6.07, 6.45) is 0. The topological polar surface area (TPSA) is 109 Å². The molecule has 30 heavy (non-hydrogen) atoms. The monoisotopic (exact) mass is 415 g/mol. The van der Waals surface area contributed by atoms with Crippen molar-refractivity contribution in [3.63, 3.8) is 0 Å². The number of ketones is 1. The lowest BCUT2D eigenvalue weighted by Crippen LogP contribution is -2.22. The van der Waals surface area contributed by atoms with Gasteiger partial charge in [-0.2, -0.15) is 0 Å². The lowest BCUT2D eigenvalue weighted by molar-refractivity contribution is -0.119. The third-order valence-electron chi connectivity index (χ3n) is 4.20. The van der Waals surface area contributed by atoms with Gasteiger partial charge in [-0.25, -0.2) is 4.79 Å². The van der Waals surface area contributed by atoms with Crippen molar-refractivity contribution in [1.29, 1.82) is 0 Å². The molecule has 2 aromatic carbocycles. The Balaban J connectivity index is 1.65. The zero-order valence-electron chi connectivity index (χ0n) is 16.8. The maximum absolute atomic E-state index is 12.3. The van der Waals surface area contributed by atoms with Crippen LogP contribution in [-0.2, 0) is 9.53 Å². The van der Waals surface area contributed by atoms with E-state index in [2.05, 4.69) is 5.32 Å². The minimum atomic E-state index is -0.705. The summed E-state index contributed by atoms with van der Waals surface area (Å²) in [4.78, 5) is 36.4. The first-order valence-electron chi connectivity index (χ1n) is 9.15. The van der Waals surface area contributed by atoms with E-state index in [1.807, 2.05) is 6.92 Å². The number of hydrogen-bond donors (Lipinski definition) is 1. The highest BCUT2D eigenvalue weighted by atomic mass is 16.7. The zero-order valence-corrected chi connectivity index (χ0v) is 16.8. The van der Waals surface area contributed by atoms with E-state index < -0.39 is 18.5 Å². The molecule has 0 saturated carbocycles. The van der Waals surface area contributed by atoms with E-state index in [0.717, 1.165) is 0 Å². The van der Waals surface area contributed by atoms with Gasteiger partial charge in [-0.3, -0.25) is 9.59 Å². The highest BCUT2D eigenvalue weighted by molar-refractivity contribution is 6.05. The molecular formula is C21H21NO8. The first-order valence-corrected chi connectivity index (χ1v) is 9.15. The number of methoxy groups -OCH3 is 1. The summed E-state index contributed by atoms with van der Waals surface area (Å²) in [5, 5.41) is 2.56. The van der Waals surface area contributed by atoms with Gasteiger partial charge in [-0.1, -0.05) is 0 Å². The number of anilines is 1. The molecule has 1 heterocycles. The minimum Gasteiger partial charge on any atom is -0.493 e. The van der Waals surface area contributed by atoms with Gasteiger partial charge >= 0.3 is 5.97 Å². The average Bonchev–Trinajstić information content (AvgIpc) is 3.19. The fourth-order valence-corrected chi connectivity index (χ4v) is 2.81. The van der Waals surface area contributed by atoms with Crippen molar-refractivity contribution in [1.82, 2.24) is 0 Å². The molecule has 0 fully saturated rings. The smallest absolute Gasteiger partial charge is 0.338 e. The van der Waals surface area contributed by atoms with Crippen LogP contribution in [0.25, 0.3) is 0 Å². The van der Waals surface area contributed by atoms with Crippen molar-refractivity contribution >= 4 is 23.3 Å². The van der Waals surface area contributed by atoms with Crippen LogP contribution in [0.1, 0.15) is 34.6 Å². The Kier molecular flexibility index (Phi) is 6.41. The van der Waals surface area contributed by atoms with Crippen LogP contribution in [0.15, 0.2) is 30.3 Å². The summed E-state index contributed by atoms with van der Waals surface area (Å²) < 4.78 is 26.2. The molecule has 1 amide bonds. The predicted octanol–water partition coefficient (Wildman–Crippen LogP) is 2.82. The van der Waals surface area contributed by atoms with E-state index in [-0.39, 0.29) is 29.4 Å². The number of hydrogen-bond acceptors (Lipinski definition) is 8. The first kappa shape index (κ1) is 21.0. The number of benzene rings is 2. The summed E-state index contributed by atoms with van der Waals surface area (Å²) >= 11 is 0. The molecule has 0 saturated heterocycles. The van der Waals surface area contributed by atoms with Gasteiger partial charge in [0.15, 0.2) is 35.4 Å². The van der Waals surface area contributed by atoms with E-state index in [1.165, 1.54) is 38.3 Å². The highest BCUT2D eigenvalue weighted by Gasteiger charge is 2.21. The molecule has 2 aromatic rings. The van der Waals surface area contributed by atoms with Gasteiger partial charge in [0.1, 0.15) is 0 Å². The molecule has 3 rings (SSSR count). The van der Waals surface area contributed by atoms with Gasteiger partial charge in [-0.15, -0.1) is 0 Å². The summed E-state index contributed by atoms with van der Waals surface area (Å²) in [5.41, 5.74) is 0.710. The molecule has 1 aliphatic rings. The molecular weight excluding hydrogens is 394 g/mol. The average molecular weight is 415 g/mol. The van der Waals surface area contributed by atoms with Gasteiger partial charge in [0, 0.05) is 11.6 Å². The third-order valence-corrected chi connectivity index (χ3v) is 4.20. The number of esters is 1. The number of amides is 1. The van der Waals surface area contributed by atoms with Crippen LogP contribution < -0.4 is 24.3 Å². The number of nitrogens with one attached hydrogen (secondary N) is 1. The molecule has 9 nitrogen and oxygen atoms in total. The Hall–Kier alpha value is -3.75. The molecule has 1 aliphatic heterocycles. The fraction of sp³-hybridized carbons (Fsp3) is 0.286. The van der Waals surface area contributed by atoms with E-state index in [4.69, 9.17) is 23.7 Å². The van der Waals surface area contributed by atoms with Crippen molar-refractivity contribution in [3.05, 3.63) is 41.5 Å². The molecule has 0 aromatic heterocycles. The Morgan fingerprint density at radius 2 is 1.80 bits per heavy atom. The molecule has 0 bridgehead atoms. The Morgan fingerprint density at radius 1 is 1.07 bits per heavy atom. The first-order chi connectivity index (χ1) is 14.4. The predicted molar refractivity (Wildman–Crippen MR) is 106 cm³/mol. The summed E-state index contributed by atoms with van der Waals surface area (Å²) in [5.74, 6) is 0.132. The summed E-state index contributed by atoms with van der Waals surface area (Å²) in [7, 11) is 1.46. The van der Waals surface area contributed by atoms with Gasteiger partial charge in [0.25, 0.3) is 5.91 Å². The quantitative estimate of drug-likeness (QED) is 0.518. The largest absolute Gasteiger partial charge is 0.493 e. The lowest BCUT2D eigenvalue weighted by Gasteiger charge is -2.12. The molecule has 0 unspecified atom stereocenters. The molecule has 158 valence electrons. The van der Waals surface area contributed by atoms with Crippen LogP contribution in [-0.4, -0.2) is 44.8 Å². The van der Waals surface area contributed by atoms with Gasteiger partial charge in [0.05, 0.1) is 25.0 Å². The molecule has 0 aliphatic carbocycles. The van der Waals surface area contributed by atoms with E-state index in [0.29, 0.717) is 29.6 Å². The second kappa shape index (κ2) is 9.17. The minimum absolute atomic E-state index is 0.0350. The van der Waals surface area contributed by atoms with Crippen LogP contribution >= 0.6 is 0 Å². The maximum Gasteiger partial charge on any atom is 0.338 e. The summed E-state index contributed by atoms with van der Waals surface area (Å²) in [6.45, 7) is 3.14. The Morgan fingerprint density at radius 3 is 2.47 bits per heavy atom. The highest BCUT2D eigenvalue weighted by Crippen LogP contribution is 2.37. The van der Waals surface area contributed by atoms with Crippen molar-refractivity contribution < 1.29 is 38.1 Å². The second-order valence-corrected chi connectivity index (χ2v) is 6.23. The van der Waals surface area contributed by atoms with Crippen LogP contribution in [0.2, 0.25) is 0 Å². The van der Waals surface area contributed by atoms with Crippen molar-refractivity contribution in [3.8, 4) is 23.0 Å². The lowest BCUT2D eigenvalue weighted by atomic mass is 10.1. The number of ether oxygens (including phenoxy) is 5. The second-order valence-electron chi connectivity index (χ2n) is 6.23. The van der Waals surface area contributed by atoms with Crippen LogP contribution in [0, 0.1) is 0 Å². The number of Topliss-reactive ketones (excluding diaryl/α,β-unsaturated/α-hetero) is 1. The van der Waals surface area contributed by atoms with Crippen LogP contribution in [0.3, 0.4) is 0 Å². The molecule has 0 radical (unpaired) electrons. The van der Waals surface area contributed by atoms with E-state index in [1.54, 1.807) is 6.07 Å². The number of fused-ring (bicyclic) bond motifs is 1. The van der Waals surface area contributed by atoms with Crippen molar-refractivity contribution in [2.45, 2.75) is 13.8 Å². The van der Waals surface area contributed by atoms with E-state index in [9.17, 15) is 14.4 Å². The SMILES string of the molecule is CCOc1ccc(C(=O)OCC(=O)Nc2cc3c(cc2C(C)=O)OCO3)cc1OC. The molecule has 1 N–H and O–H groups in total. The third kappa shape index (κ3) is 4.62. The Labute approximate surface area is 172 Å². The number of rotatable bonds is 8. The van der Waals surface area contributed by atoms with Crippen LogP contribution in [0.4, 0.5) is 5.69 Å². The van der Waals surface area contributed by atoms with Crippen molar-refractivity contribution in [2.75, 3.05) is 32.4 Å². The maximum atomic E-state index is 12.3. The van der Waals surface area contributed by atoms with Crippen molar-refractivity contribution in [2.24, 2.45) is 0 Å². The van der Waals surface area contributed by atoms with Crippen LogP contribution in [0.5, 0.6) is 23.0 Å². The summed E-state index contributed by atoms with van der Waals surface area (Å²) in [6, 6.07) is 7.57. The van der Waals surface area contributed by atoms with Gasteiger partial charge in [0.2, 0.25) is 6.79 Å². The zero-order chi connectivity index (χ0) is 21.7. The van der Waals surface area contributed by atoms with Gasteiger partial charge < -0.3 is 29.0 Å². The molecule has 9 heteroatoms. The fourth-order valence-electron chi connectivity index (χ4n) is 2.81. The normalized spacial score (nSPS) is 11.6.